The lowest BCUT2D eigenvalue weighted by atomic mass is 10.1. The van der Waals surface area contributed by atoms with Gasteiger partial charge < -0.3 is 10.1 Å². The van der Waals surface area contributed by atoms with E-state index in [1.54, 1.807) is 44.2 Å². The number of nitrogens with zero attached hydrogens (tertiary/aromatic N) is 1. The van der Waals surface area contributed by atoms with Gasteiger partial charge in [-0.15, -0.1) is 0 Å². The minimum Gasteiger partial charge on any atom is -0.481 e. The molecule has 0 spiro atoms. The molecule has 1 atom stereocenters. The van der Waals surface area contributed by atoms with Crippen molar-refractivity contribution in [3.63, 3.8) is 0 Å². The van der Waals surface area contributed by atoms with E-state index in [2.05, 4.69) is 5.32 Å². The number of nitro groups is 1. The lowest BCUT2D eigenvalue weighted by molar-refractivity contribution is -0.384. The molecule has 0 aromatic heterocycles. The third kappa shape index (κ3) is 4.43. The molecule has 0 unspecified atom stereocenters. The maximum absolute atomic E-state index is 12.2. The Bertz CT molecular complexity index is 749. The van der Waals surface area contributed by atoms with Crippen LogP contribution in [0, 0.1) is 17.0 Å². The first kappa shape index (κ1) is 16.8. The Hall–Kier alpha value is -2.60. The molecule has 0 radical (unpaired) electrons. The maximum Gasteiger partial charge on any atom is 0.271 e. The summed E-state index contributed by atoms with van der Waals surface area (Å²) in [5.41, 5.74) is 1.01. The Balaban J connectivity index is 2.09. The van der Waals surface area contributed by atoms with Crippen molar-refractivity contribution in [2.24, 2.45) is 0 Å². The molecular weight excluding hydrogens is 320 g/mol. The Morgan fingerprint density at radius 3 is 2.70 bits per heavy atom. The van der Waals surface area contributed by atoms with Crippen molar-refractivity contribution >= 4 is 28.9 Å². The summed E-state index contributed by atoms with van der Waals surface area (Å²) < 4.78 is 5.52. The van der Waals surface area contributed by atoms with Crippen LogP contribution in [0.25, 0.3) is 0 Å². The fourth-order valence-electron chi connectivity index (χ4n) is 1.89. The number of ether oxygens (including phenoxy) is 1. The quantitative estimate of drug-likeness (QED) is 0.662. The summed E-state index contributed by atoms with van der Waals surface area (Å²) in [6.07, 6.45) is -0.785. The second-order valence-electron chi connectivity index (χ2n) is 4.96. The minimum absolute atomic E-state index is 0.0886. The summed E-state index contributed by atoms with van der Waals surface area (Å²) in [4.78, 5) is 22.5. The fourth-order valence-corrected chi connectivity index (χ4v) is 2.07. The highest BCUT2D eigenvalue weighted by molar-refractivity contribution is 6.30. The zero-order chi connectivity index (χ0) is 17.0. The highest BCUT2D eigenvalue weighted by atomic mass is 35.5. The van der Waals surface area contributed by atoms with Gasteiger partial charge in [-0.25, -0.2) is 0 Å². The zero-order valence-corrected chi connectivity index (χ0v) is 13.3. The molecule has 7 heteroatoms. The van der Waals surface area contributed by atoms with Gasteiger partial charge in [0.25, 0.3) is 11.6 Å². The minimum atomic E-state index is -0.785. The maximum atomic E-state index is 12.2. The van der Waals surface area contributed by atoms with Crippen molar-refractivity contribution in [2.45, 2.75) is 20.0 Å². The number of carbonyl (C=O) groups is 1. The normalized spacial score (nSPS) is 11.6. The number of halogens is 1. The first-order valence-corrected chi connectivity index (χ1v) is 7.23. The molecule has 0 heterocycles. The van der Waals surface area contributed by atoms with Gasteiger partial charge in [-0.1, -0.05) is 23.7 Å². The van der Waals surface area contributed by atoms with Crippen molar-refractivity contribution in [1.29, 1.82) is 0 Å². The number of carbonyl (C=O) groups excluding carboxylic acids is 1. The summed E-state index contributed by atoms with van der Waals surface area (Å²) in [6.45, 7) is 3.34. The van der Waals surface area contributed by atoms with E-state index in [9.17, 15) is 14.9 Å². The molecule has 120 valence electrons. The van der Waals surface area contributed by atoms with Crippen LogP contribution >= 0.6 is 11.6 Å². The van der Waals surface area contributed by atoms with Crippen LogP contribution in [0.15, 0.2) is 42.5 Å². The average molecular weight is 335 g/mol. The highest BCUT2D eigenvalue weighted by Crippen LogP contribution is 2.23. The summed E-state index contributed by atoms with van der Waals surface area (Å²) in [6, 6.07) is 11.0. The zero-order valence-electron chi connectivity index (χ0n) is 12.6. The molecule has 23 heavy (non-hydrogen) atoms. The summed E-state index contributed by atoms with van der Waals surface area (Å²) in [5.74, 6) is 0.0597. The number of benzene rings is 2. The van der Waals surface area contributed by atoms with Crippen LogP contribution in [0.5, 0.6) is 5.75 Å². The number of hydrogen-bond acceptors (Lipinski definition) is 4. The molecule has 0 saturated heterocycles. The Morgan fingerprint density at radius 2 is 2.04 bits per heavy atom. The predicted molar refractivity (Wildman–Crippen MR) is 88.0 cm³/mol. The number of hydrogen-bond donors (Lipinski definition) is 1. The molecule has 0 aliphatic rings. The number of amides is 1. The second kappa shape index (κ2) is 7.11. The van der Waals surface area contributed by atoms with Gasteiger partial charge in [0.1, 0.15) is 5.75 Å². The van der Waals surface area contributed by atoms with Crippen LogP contribution in [0.4, 0.5) is 11.4 Å². The summed E-state index contributed by atoms with van der Waals surface area (Å²) in [5, 5.41) is 14.0. The third-order valence-corrected chi connectivity index (χ3v) is 3.40. The molecule has 0 aliphatic heterocycles. The standard InChI is InChI=1S/C16H15ClN2O4/c1-10-6-7-13(19(21)22)9-15(10)18-16(20)11(2)23-14-5-3-4-12(17)8-14/h3-9,11H,1-2H3,(H,18,20)/t11-/m0/s1. The van der Waals surface area contributed by atoms with Crippen molar-refractivity contribution in [1.82, 2.24) is 0 Å². The fraction of sp³-hybridized carbons (Fsp3) is 0.188. The van der Waals surface area contributed by atoms with Crippen molar-refractivity contribution in [2.75, 3.05) is 5.32 Å². The average Bonchev–Trinajstić information content (AvgIpc) is 2.49. The van der Waals surface area contributed by atoms with E-state index in [1.807, 2.05) is 0 Å². The number of anilines is 1. The SMILES string of the molecule is Cc1ccc([N+](=O)[O-])cc1NC(=O)[C@H](C)Oc1cccc(Cl)c1. The molecule has 2 rings (SSSR count). The number of nitrogens with one attached hydrogen (secondary N) is 1. The van der Waals surface area contributed by atoms with Crippen LogP contribution in [-0.2, 0) is 4.79 Å². The molecule has 0 aliphatic carbocycles. The van der Waals surface area contributed by atoms with E-state index in [0.717, 1.165) is 5.56 Å². The molecule has 1 amide bonds. The highest BCUT2D eigenvalue weighted by Gasteiger charge is 2.17. The third-order valence-electron chi connectivity index (χ3n) is 3.17. The first-order valence-electron chi connectivity index (χ1n) is 6.85. The van der Waals surface area contributed by atoms with Crippen molar-refractivity contribution < 1.29 is 14.5 Å². The van der Waals surface area contributed by atoms with Gasteiger partial charge in [0.05, 0.1) is 10.6 Å². The lowest BCUT2D eigenvalue weighted by Gasteiger charge is -2.15. The topological polar surface area (TPSA) is 81.5 Å². The molecule has 2 aromatic carbocycles. The summed E-state index contributed by atoms with van der Waals surface area (Å²) >= 11 is 5.86. The van der Waals surface area contributed by atoms with E-state index in [4.69, 9.17) is 16.3 Å². The van der Waals surface area contributed by atoms with Gasteiger partial charge in [0, 0.05) is 17.2 Å². The monoisotopic (exact) mass is 334 g/mol. The van der Waals surface area contributed by atoms with E-state index in [0.29, 0.717) is 16.5 Å². The van der Waals surface area contributed by atoms with Crippen molar-refractivity contribution in [3.05, 3.63) is 63.2 Å². The van der Waals surface area contributed by atoms with E-state index in [1.165, 1.54) is 12.1 Å². The van der Waals surface area contributed by atoms with Gasteiger partial charge >= 0.3 is 0 Å². The Kier molecular flexibility index (Phi) is 5.18. The second-order valence-corrected chi connectivity index (χ2v) is 5.40. The molecule has 6 nitrogen and oxygen atoms in total. The molecule has 0 saturated carbocycles. The lowest BCUT2D eigenvalue weighted by Crippen LogP contribution is -2.30. The molecule has 0 bridgehead atoms. The van der Waals surface area contributed by atoms with E-state index < -0.39 is 16.9 Å². The Labute approximate surface area is 138 Å². The van der Waals surface area contributed by atoms with E-state index in [-0.39, 0.29) is 5.69 Å². The van der Waals surface area contributed by atoms with Crippen LogP contribution in [0.1, 0.15) is 12.5 Å². The van der Waals surface area contributed by atoms with Crippen LogP contribution in [0.3, 0.4) is 0 Å². The van der Waals surface area contributed by atoms with Gasteiger partial charge in [-0.05, 0) is 37.6 Å². The van der Waals surface area contributed by atoms with Gasteiger partial charge in [0.15, 0.2) is 6.10 Å². The molecule has 2 aromatic rings. The number of nitro benzene ring substituents is 1. The number of non-ortho nitro benzene ring substituents is 1. The molecule has 1 N–H and O–H groups in total. The smallest absolute Gasteiger partial charge is 0.271 e. The van der Waals surface area contributed by atoms with E-state index >= 15 is 0 Å². The summed E-state index contributed by atoms with van der Waals surface area (Å²) in [7, 11) is 0. The Morgan fingerprint density at radius 1 is 1.30 bits per heavy atom. The number of rotatable bonds is 5. The number of aryl methyl sites for hydroxylation is 1. The van der Waals surface area contributed by atoms with Gasteiger partial charge in [-0.3, -0.25) is 14.9 Å². The van der Waals surface area contributed by atoms with Crippen LogP contribution in [-0.4, -0.2) is 16.9 Å². The van der Waals surface area contributed by atoms with Crippen LogP contribution < -0.4 is 10.1 Å². The molecular formula is C16H15ClN2O4. The van der Waals surface area contributed by atoms with Gasteiger partial charge in [-0.2, -0.15) is 0 Å². The van der Waals surface area contributed by atoms with Gasteiger partial charge in [0.2, 0.25) is 0 Å². The largest absolute Gasteiger partial charge is 0.481 e. The van der Waals surface area contributed by atoms with Crippen molar-refractivity contribution in [3.8, 4) is 5.75 Å². The first-order chi connectivity index (χ1) is 10.9. The van der Waals surface area contributed by atoms with Crippen LogP contribution in [0.2, 0.25) is 5.02 Å². The predicted octanol–water partition coefficient (Wildman–Crippen LogP) is 3.96. The molecule has 0 fully saturated rings.